The minimum Gasteiger partial charge on any atom is -0.477 e. The van der Waals surface area contributed by atoms with Crippen LogP contribution in [0, 0.1) is 0 Å². The molecule has 0 bridgehead atoms. The van der Waals surface area contributed by atoms with Gasteiger partial charge < -0.3 is 23.8 Å². The molecule has 0 aliphatic heterocycles. The first kappa shape index (κ1) is 50.8. The van der Waals surface area contributed by atoms with Gasteiger partial charge in [-0.15, -0.1) is 0 Å². The molecule has 0 aromatic rings. The summed E-state index contributed by atoms with van der Waals surface area (Å²) in [5.41, 5.74) is 0. The van der Waals surface area contributed by atoms with Crippen LogP contribution in [0.5, 0.6) is 0 Å². The summed E-state index contributed by atoms with van der Waals surface area (Å²) in [5, 5.41) is 9.61. The first-order chi connectivity index (χ1) is 26.1. The van der Waals surface area contributed by atoms with E-state index in [1.807, 2.05) is 21.1 Å². The van der Waals surface area contributed by atoms with Gasteiger partial charge in [0.1, 0.15) is 6.61 Å². The highest BCUT2D eigenvalue weighted by atomic mass is 16.6. The van der Waals surface area contributed by atoms with Crippen LogP contribution in [0.3, 0.4) is 0 Å². The van der Waals surface area contributed by atoms with Crippen LogP contribution in [-0.4, -0.2) is 80.6 Å². The van der Waals surface area contributed by atoms with Gasteiger partial charge in [-0.3, -0.25) is 9.59 Å². The van der Waals surface area contributed by atoms with Crippen LogP contribution in [0.4, 0.5) is 0 Å². The molecule has 0 spiro atoms. The van der Waals surface area contributed by atoms with Crippen molar-refractivity contribution in [1.82, 2.24) is 0 Å². The third kappa shape index (κ3) is 34.5. The molecule has 0 radical (unpaired) electrons. The van der Waals surface area contributed by atoms with E-state index in [1.165, 1.54) is 25.7 Å². The number of esters is 2. The molecule has 0 aromatic heterocycles. The molecule has 2 atom stereocenters. The lowest BCUT2D eigenvalue weighted by atomic mass is 10.1. The fourth-order valence-corrected chi connectivity index (χ4v) is 5.65. The molecular weight excluding hydrogens is 679 g/mol. The number of unbranched alkanes of at least 4 members (excludes halogenated alkanes) is 10. The van der Waals surface area contributed by atoms with Gasteiger partial charge in [0, 0.05) is 19.3 Å². The number of hydrogen-bond acceptors (Lipinski definition) is 6. The Morgan fingerprint density at radius 3 is 1.46 bits per heavy atom. The lowest BCUT2D eigenvalue weighted by Gasteiger charge is -2.31. The molecule has 8 heteroatoms. The lowest BCUT2D eigenvalue weighted by molar-refractivity contribution is -0.887. The smallest absolute Gasteiger partial charge is 0.362 e. The summed E-state index contributed by atoms with van der Waals surface area (Å²) in [6.07, 6.45) is 45.1. The molecule has 2 unspecified atom stereocenters. The van der Waals surface area contributed by atoms with E-state index < -0.39 is 18.1 Å². The van der Waals surface area contributed by atoms with Crippen LogP contribution < -0.4 is 0 Å². The van der Waals surface area contributed by atoms with Crippen molar-refractivity contribution in [2.75, 3.05) is 41.0 Å². The average Bonchev–Trinajstić information content (AvgIpc) is 3.12. The van der Waals surface area contributed by atoms with Crippen LogP contribution in [0.1, 0.15) is 149 Å². The molecule has 0 saturated heterocycles. The molecule has 8 nitrogen and oxygen atoms in total. The van der Waals surface area contributed by atoms with E-state index in [1.54, 1.807) is 0 Å². The Morgan fingerprint density at radius 1 is 0.556 bits per heavy atom. The predicted octanol–water partition coefficient (Wildman–Crippen LogP) is 11.2. The number of carboxylic acids is 1. The fourth-order valence-electron chi connectivity index (χ4n) is 5.65. The Morgan fingerprint density at radius 2 is 0.981 bits per heavy atom. The van der Waals surface area contributed by atoms with Crippen molar-refractivity contribution in [2.45, 2.75) is 161 Å². The minimum atomic E-state index is -0.885. The standard InChI is InChI=1S/C46H77NO7/c1-6-8-10-12-14-16-18-20-22-23-25-26-28-30-32-34-36-44(48)53-41-42(40-52-39-38-43(46(50)51)47(3,4)5)54-45(49)37-35-33-31-29-27-24-21-19-17-15-13-11-9-7-2/h8-11,14-17,20,22,25-26,42-43H,6-7,12-13,18-19,21,23-24,27-41H2,1-5H3/p+1/b10-8+,11-9+,16-14+,17-15+,22-20+,26-25+. The van der Waals surface area contributed by atoms with Crippen molar-refractivity contribution in [3.63, 3.8) is 0 Å². The van der Waals surface area contributed by atoms with Gasteiger partial charge in [0.25, 0.3) is 0 Å². The van der Waals surface area contributed by atoms with Gasteiger partial charge >= 0.3 is 17.9 Å². The van der Waals surface area contributed by atoms with Gasteiger partial charge in [-0.25, -0.2) is 4.79 Å². The first-order valence-electron chi connectivity index (χ1n) is 21.0. The van der Waals surface area contributed by atoms with Gasteiger partial charge in [0.05, 0.1) is 34.4 Å². The number of carboxylic acid groups (broad SMARTS) is 1. The molecule has 54 heavy (non-hydrogen) atoms. The Labute approximate surface area is 330 Å². The van der Waals surface area contributed by atoms with Gasteiger partial charge in [0.2, 0.25) is 0 Å². The molecule has 0 aromatic carbocycles. The van der Waals surface area contributed by atoms with E-state index >= 15 is 0 Å². The molecule has 0 fully saturated rings. The summed E-state index contributed by atoms with van der Waals surface area (Å²) in [4.78, 5) is 36.9. The summed E-state index contributed by atoms with van der Waals surface area (Å²) in [6, 6.07) is -0.624. The maximum atomic E-state index is 12.7. The Balaban J connectivity index is 4.45. The molecule has 1 N–H and O–H groups in total. The summed E-state index contributed by atoms with van der Waals surface area (Å²) >= 11 is 0. The largest absolute Gasteiger partial charge is 0.477 e. The van der Waals surface area contributed by atoms with Crippen molar-refractivity contribution in [3.8, 4) is 0 Å². The molecule has 0 amide bonds. The number of rotatable bonds is 36. The third-order valence-corrected chi connectivity index (χ3v) is 8.85. The zero-order chi connectivity index (χ0) is 40.0. The van der Waals surface area contributed by atoms with Crippen LogP contribution in [-0.2, 0) is 28.6 Å². The molecule has 308 valence electrons. The van der Waals surface area contributed by atoms with E-state index in [9.17, 15) is 19.5 Å². The third-order valence-electron chi connectivity index (χ3n) is 8.85. The number of likely N-dealkylation sites (N-methyl/N-ethyl adjacent to an activating group) is 1. The van der Waals surface area contributed by atoms with E-state index in [4.69, 9.17) is 14.2 Å². The second-order valence-corrected chi connectivity index (χ2v) is 14.8. The highest BCUT2D eigenvalue weighted by molar-refractivity contribution is 5.72. The van der Waals surface area contributed by atoms with Crippen molar-refractivity contribution >= 4 is 17.9 Å². The van der Waals surface area contributed by atoms with Gasteiger partial charge in [-0.1, -0.05) is 125 Å². The minimum absolute atomic E-state index is 0.0436. The number of hydrogen-bond donors (Lipinski definition) is 1. The van der Waals surface area contributed by atoms with Crippen molar-refractivity contribution in [1.29, 1.82) is 0 Å². The fraction of sp³-hybridized carbons (Fsp3) is 0.674. The molecule has 0 heterocycles. The molecule has 0 aliphatic rings. The Kier molecular flexibility index (Phi) is 34.5. The van der Waals surface area contributed by atoms with Gasteiger partial charge in [0.15, 0.2) is 12.1 Å². The highest BCUT2D eigenvalue weighted by Crippen LogP contribution is 2.13. The lowest BCUT2D eigenvalue weighted by Crippen LogP contribution is -2.50. The number of quaternary nitrogens is 1. The SMILES string of the molecule is CC/C=C/C/C=C/C/C=C/C/C=C/CCCCCC(=O)OCC(COCCC(C(=O)O)[N+](C)(C)C)OC(=O)CCCCCCCCC/C=C/C/C=C/CC. The second-order valence-electron chi connectivity index (χ2n) is 14.8. The summed E-state index contributed by atoms with van der Waals surface area (Å²) in [6.45, 7) is 4.45. The first-order valence-corrected chi connectivity index (χ1v) is 21.0. The summed E-state index contributed by atoms with van der Waals surface area (Å²) in [5.74, 6) is -1.53. The van der Waals surface area contributed by atoms with Crippen LogP contribution in [0.2, 0.25) is 0 Å². The van der Waals surface area contributed by atoms with Crippen molar-refractivity contribution in [3.05, 3.63) is 72.9 Å². The molecule has 0 saturated carbocycles. The Bertz CT molecular complexity index is 1110. The van der Waals surface area contributed by atoms with E-state index in [2.05, 4.69) is 86.8 Å². The number of carbonyl (C=O) groups is 3. The van der Waals surface area contributed by atoms with Crippen molar-refractivity contribution in [2.24, 2.45) is 0 Å². The highest BCUT2D eigenvalue weighted by Gasteiger charge is 2.31. The Hall–Kier alpha value is -3.23. The summed E-state index contributed by atoms with van der Waals surface area (Å²) in [7, 11) is 5.50. The van der Waals surface area contributed by atoms with E-state index in [0.29, 0.717) is 19.3 Å². The predicted molar refractivity (Wildman–Crippen MR) is 224 cm³/mol. The zero-order valence-corrected chi connectivity index (χ0v) is 34.9. The van der Waals surface area contributed by atoms with Gasteiger partial charge in [-0.2, -0.15) is 0 Å². The zero-order valence-electron chi connectivity index (χ0n) is 34.9. The number of aliphatic carboxylic acids is 1. The monoisotopic (exact) mass is 757 g/mol. The normalized spacial score (nSPS) is 13.7. The van der Waals surface area contributed by atoms with Gasteiger partial charge in [-0.05, 0) is 77.0 Å². The molecular formula is C46H78NO7+. The van der Waals surface area contributed by atoms with Crippen LogP contribution in [0.15, 0.2) is 72.9 Å². The summed E-state index contributed by atoms with van der Waals surface area (Å²) < 4.78 is 17.2. The second kappa shape index (κ2) is 36.7. The van der Waals surface area contributed by atoms with E-state index in [-0.39, 0.29) is 36.2 Å². The number of nitrogens with zero attached hydrogens (tertiary/aromatic N) is 1. The number of ether oxygens (including phenoxy) is 3. The van der Waals surface area contributed by atoms with Crippen molar-refractivity contribution < 1.29 is 38.2 Å². The van der Waals surface area contributed by atoms with Crippen LogP contribution in [0.25, 0.3) is 0 Å². The quantitative estimate of drug-likeness (QED) is 0.0294. The molecule has 0 rings (SSSR count). The molecule has 0 aliphatic carbocycles. The number of carbonyl (C=O) groups excluding carboxylic acids is 2. The van der Waals surface area contributed by atoms with Crippen LogP contribution >= 0.6 is 0 Å². The number of allylic oxidation sites excluding steroid dienone is 12. The maximum absolute atomic E-state index is 12.7. The maximum Gasteiger partial charge on any atom is 0.362 e. The average molecular weight is 757 g/mol. The topological polar surface area (TPSA) is 99.1 Å². The van der Waals surface area contributed by atoms with E-state index in [0.717, 1.165) is 89.9 Å².